The molecule has 0 saturated carbocycles. The number of nitrogens with zero attached hydrogens (tertiary/aromatic N) is 4. The quantitative estimate of drug-likeness (QED) is 0.435. The van der Waals surface area contributed by atoms with E-state index in [0.29, 0.717) is 16.7 Å². The van der Waals surface area contributed by atoms with Gasteiger partial charge in [0.25, 0.3) is 0 Å². The highest BCUT2D eigenvalue weighted by Gasteiger charge is 2.53. The van der Waals surface area contributed by atoms with E-state index in [4.69, 9.17) is 4.74 Å². The average molecular weight is 504 g/mol. The lowest BCUT2D eigenvalue weighted by Crippen LogP contribution is -2.45. The number of anilines is 1. The topological polar surface area (TPSA) is 121 Å². The lowest BCUT2D eigenvalue weighted by atomic mass is 10.1. The number of aromatic nitrogens is 3. The zero-order valence-corrected chi connectivity index (χ0v) is 17.7. The number of esters is 1. The second kappa shape index (κ2) is 8.87. The van der Waals surface area contributed by atoms with E-state index in [1.54, 1.807) is 0 Å². The monoisotopic (exact) mass is 504 g/mol. The number of sulfonamides is 1. The molecule has 0 atom stereocenters. The first kappa shape index (κ1) is 25.9. The van der Waals surface area contributed by atoms with Gasteiger partial charge in [-0.3, -0.25) is 9.36 Å². The minimum Gasteiger partial charge on any atom is -0.465 e. The van der Waals surface area contributed by atoms with Crippen molar-refractivity contribution in [1.29, 1.82) is 0 Å². The van der Waals surface area contributed by atoms with Crippen molar-refractivity contribution in [3.05, 3.63) is 29.6 Å². The van der Waals surface area contributed by atoms with Gasteiger partial charge in [0.15, 0.2) is 0 Å². The fourth-order valence-corrected chi connectivity index (χ4v) is 3.45. The number of methoxy groups -OCH3 is 1. The summed E-state index contributed by atoms with van der Waals surface area (Å²) in [6.07, 6.45) is -5.56. The van der Waals surface area contributed by atoms with Gasteiger partial charge in [-0.1, -0.05) is 12.0 Å². The third kappa shape index (κ3) is 5.01. The smallest absolute Gasteiger partial charge is 0.465 e. The standard InChI is InChI=1S/C16H14F6N4O6S/c1-4-11(27)26(33(29,30)16(20,21)22)10-6-5-8(7-9(10)12(28)31-3)32-14-24-23-13(25(14)2)15(17,18)19/h5-7H,4H2,1-3H3. The molecule has 2 aromatic rings. The fraction of sp³-hybridized carbons (Fsp3) is 0.375. The maximum Gasteiger partial charge on any atom is 0.517 e. The Bertz CT molecular complexity index is 1180. The molecule has 0 spiro atoms. The first-order valence-corrected chi connectivity index (χ1v) is 10.0. The number of alkyl halides is 6. The normalized spacial score (nSPS) is 12.4. The van der Waals surface area contributed by atoms with Gasteiger partial charge in [-0.25, -0.2) is 4.79 Å². The molecule has 17 heteroatoms. The van der Waals surface area contributed by atoms with Crippen LogP contribution in [-0.4, -0.2) is 47.7 Å². The van der Waals surface area contributed by atoms with E-state index in [0.717, 1.165) is 27.1 Å². The molecule has 1 amide bonds. The molecule has 0 saturated heterocycles. The summed E-state index contributed by atoms with van der Waals surface area (Å²) in [7, 11) is -4.55. The van der Waals surface area contributed by atoms with E-state index in [1.807, 2.05) is 0 Å². The van der Waals surface area contributed by atoms with Gasteiger partial charge >= 0.3 is 33.7 Å². The molecule has 182 valence electrons. The molecule has 0 aliphatic carbocycles. The number of carbonyl (C=O) groups excluding carboxylic acids is 2. The molecule has 2 rings (SSSR count). The fourth-order valence-electron chi connectivity index (χ4n) is 2.43. The summed E-state index contributed by atoms with van der Waals surface area (Å²) >= 11 is 0. The van der Waals surface area contributed by atoms with Gasteiger partial charge in [0.2, 0.25) is 11.7 Å². The number of hydrogen-bond donors (Lipinski definition) is 0. The Morgan fingerprint density at radius 3 is 2.18 bits per heavy atom. The molecule has 0 aliphatic rings. The third-order valence-electron chi connectivity index (χ3n) is 3.95. The number of ether oxygens (including phenoxy) is 2. The van der Waals surface area contributed by atoms with Crippen molar-refractivity contribution < 1.29 is 53.8 Å². The zero-order valence-electron chi connectivity index (χ0n) is 16.9. The van der Waals surface area contributed by atoms with Crippen LogP contribution in [0, 0.1) is 0 Å². The summed E-state index contributed by atoms with van der Waals surface area (Å²) in [5, 5.41) is 6.10. The Labute approximate surface area is 181 Å². The van der Waals surface area contributed by atoms with Crippen LogP contribution in [0.2, 0.25) is 0 Å². The summed E-state index contributed by atoms with van der Waals surface area (Å²) in [5.74, 6) is -4.76. The molecular formula is C16H14F6N4O6S. The molecule has 1 aromatic carbocycles. The van der Waals surface area contributed by atoms with E-state index >= 15 is 0 Å². The van der Waals surface area contributed by atoms with Crippen LogP contribution in [0.15, 0.2) is 18.2 Å². The van der Waals surface area contributed by atoms with Crippen molar-refractivity contribution in [2.75, 3.05) is 11.4 Å². The Morgan fingerprint density at radius 1 is 1.12 bits per heavy atom. The van der Waals surface area contributed by atoms with Crippen LogP contribution in [0.1, 0.15) is 29.5 Å². The van der Waals surface area contributed by atoms with E-state index in [2.05, 4.69) is 14.9 Å². The van der Waals surface area contributed by atoms with Crippen molar-refractivity contribution in [1.82, 2.24) is 14.8 Å². The van der Waals surface area contributed by atoms with E-state index in [-0.39, 0.29) is 0 Å². The number of benzene rings is 1. The van der Waals surface area contributed by atoms with Crippen LogP contribution in [0.3, 0.4) is 0 Å². The predicted octanol–water partition coefficient (Wildman–Crippen LogP) is 3.01. The van der Waals surface area contributed by atoms with Crippen molar-refractivity contribution in [2.24, 2.45) is 7.05 Å². The van der Waals surface area contributed by atoms with Crippen LogP contribution in [0.25, 0.3) is 0 Å². The molecule has 33 heavy (non-hydrogen) atoms. The largest absolute Gasteiger partial charge is 0.517 e. The average Bonchev–Trinajstić information content (AvgIpc) is 3.07. The molecule has 0 radical (unpaired) electrons. The van der Waals surface area contributed by atoms with Gasteiger partial charge in [-0.2, -0.15) is 39.1 Å². The highest BCUT2D eigenvalue weighted by Crippen LogP contribution is 2.36. The summed E-state index contributed by atoms with van der Waals surface area (Å²) in [5.41, 5.74) is -7.76. The number of halogens is 6. The SMILES string of the molecule is CCC(=O)N(c1ccc(Oc2nnc(C(F)(F)F)n2C)cc1C(=O)OC)S(=O)(=O)C(F)(F)F. The van der Waals surface area contributed by atoms with Crippen molar-refractivity contribution >= 4 is 27.6 Å². The highest BCUT2D eigenvalue weighted by atomic mass is 32.2. The molecule has 0 N–H and O–H groups in total. The van der Waals surface area contributed by atoms with E-state index < -0.39 is 73.1 Å². The Hall–Kier alpha value is -3.37. The number of amides is 1. The van der Waals surface area contributed by atoms with Crippen molar-refractivity contribution in [3.8, 4) is 11.8 Å². The number of hydrogen-bond acceptors (Lipinski definition) is 8. The zero-order chi connectivity index (χ0) is 25.4. The first-order chi connectivity index (χ1) is 15.1. The van der Waals surface area contributed by atoms with Crippen molar-refractivity contribution in [2.45, 2.75) is 25.0 Å². The minimum atomic E-state index is -6.27. The second-order valence-electron chi connectivity index (χ2n) is 6.10. The molecule has 0 aliphatic heterocycles. The molecule has 10 nitrogen and oxygen atoms in total. The first-order valence-electron chi connectivity index (χ1n) is 8.57. The summed E-state index contributed by atoms with van der Waals surface area (Å²) in [4.78, 5) is 24.3. The van der Waals surface area contributed by atoms with Crippen LogP contribution >= 0.6 is 0 Å². The molecule has 0 bridgehead atoms. The van der Waals surface area contributed by atoms with Crippen LogP contribution < -0.4 is 9.04 Å². The molecular weight excluding hydrogens is 490 g/mol. The molecule has 1 heterocycles. The van der Waals surface area contributed by atoms with Crippen molar-refractivity contribution in [3.63, 3.8) is 0 Å². The summed E-state index contributed by atoms with van der Waals surface area (Å²) in [6, 6.07) is 1.39. The Kier molecular flexibility index (Phi) is 6.96. The van der Waals surface area contributed by atoms with Gasteiger partial charge in [-0.05, 0) is 18.2 Å². The molecule has 0 unspecified atom stereocenters. The molecule has 1 aromatic heterocycles. The van der Waals surface area contributed by atoms with Gasteiger partial charge in [0.1, 0.15) is 5.75 Å². The lowest BCUT2D eigenvalue weighted by molar-refractivity contribution is -0.147. The predicted molar refractivity (Wildman–Crippen MR) is 96.6 cm³/mol. The number of carbonyl (C=O) groups is 2. The Balaban J connectivity index is 2.64. The highest BCUT2D eigenvalue weighted by molar-refractivity contribution is 7.94. The summed E-state index contributed by atoms with van der Waals surface area (Å²) < 4.78 is 111. The maximum atomic E-state index is 13.2. The number of rotatable bonds is 6. The van der Waals surface area contributed by atoms with Gasteiger partial charge in [0.05, 0.1) is 18.4 Å². The van der Waals surface area contributed by atoms with Gasteiger partial charge < -0.3 is 9.47 Å². The molecule has 0 fully saturated rings. The minimum absolute atomic E-state index is 0.409. The van der Waals surface area contributed by atoms with E-state index in [9.17, 15) is 44.3 Å². The van der Waals surface area contributed by atoms with Crippen LogP contribution in [-0.2, 0) is 32.8 Å². The lowest BCUT2D eigenvalue weighted by Gasteiger charge is -2.25. The van der Waals surface area contributed by atoms with E-state index in [1.165, 1.54) is 0 Å². The van der Waals surface area contributed by atoms with Crippen LogP contribution in [0.5, 0.6) is 11.8 Å². The maximum absolute atomic E-state index is 13.2. The third-order valence-corrected chi connectivity index (χ3v) is 5.42. The van der Waals surface area contributed by atoms with Gasteiger partial charge in [0, 0.05) is 13.5 Å². The second-order valence-corrected chi connectivity index (χ2v) is 7.88. The van der Waals surface area contributed by atoms with Crippen LogP contribution in [0.4, 0.5) is 32.0 Å². The van der Waals surface area contributed by atoms with Gasteiger partial charge in [-0.15, -0.1) is 5.10 Å². The Morgan fingerprint density at radius 2 is 1.73 bits per heavy atom. The summed E-state index contributed by atoms with van der Waals surface area (Å²) in [6.45, 7) is 1.09.